The Hall–Kier alpha value is -1.22. The molecule has 0 aliphatic carbocycles. The summed E-state index contributed by atoms with van der Waals surface area (Å²) < 4.78 is 51.6. The van der Waals surface area contributed by atoms with E-state index in [1.807, 2.05) is 0 Å². The number of sulfone groups is 1. The van der Waals surface area contributed by atoms with Gasteiger partial charge in [-0.05, 0) is 18.2 Å². The molecule has 0 aliphatic heterocycles. The smallest absolute Gasteiger partial charge is 0.269 e. The van der Waals surface area contributed by atoms with Crippen molar-refractivity contribution < 1.29 is 21.0 Å². The maximum Gasteiger partial charge on any atom is 0.306 e. The third-order valence-corrected chi connectivity index (χ3v) is 6.95. The second-order valence-corrected chi connectivity index (χ2v) is 8.34. The van der Waals surface area contributed by atoms with Gasteiger partial charge in [-0.1, -0.05) is 18.2 Å². The van der Waals surface area contributed by atoms with E-state index in [0.717, 1.165) is 24.5 Å². The summed E-state index contributed by atoms with van der Waals surface area (Å²) in [5.74, 6) is 0. The van der Waals surface area contributed by atoms with Crippen LogP contribution in [0.4, 0.5) is 0 Å². The lowest BCUT2D eigenvalue weighted by Crippen LogP contribution is -2.02. The highest BCUT2D eigenvalue weighted by Crippen LogP contribution is 2.28. The highest BCUT2D eigenvalue weighted by molar-refractivity contribution is 7.92. The minimum atomic E-state index is -3.87. The lowest BCUT2D eigenvalue weighted by atomic mass is 10.4. The summed E-state index contributed by atoms with van der Waals surface area (Å²) in [5, 5.41) is 1.29. The molecule has 0 unspecified atom stereocenters. The summed E-state index contributed by atoms with van der Waals surface area (Å²) in [6.45, 7) is 0. The molecule has 0 amide bonds. The van der Waals surface area contributed by atoms with Crippen molar-refractivity contribution in [2.45, 2.75) is 14.0 Å². The second kappa shape index (κ2) is 5.04. The fourth-order valence-electron chi connectivity index (χ4n) is 1.39. The molecule has 0 atom stereocenters. The lowest BCUT2D eigenvalue weighted by Gasteiger charge is -2.00. The Morgan fingerprint density at radius 3 is 2.21 bits per heavy atom. The average Bonchev–Trinajstić information content (AvgIpc) is 2.91. The van der Waals surface area contributed by atoms with Gasteiger partial charge in [-0.2, -0.15) is 8.42 Å². The van der Waals surface area contributed by atoms with Gasteiger partial charge in [0.25, 0.3) is 0 Å². The van der Waals surface area contributed by atoms with Crippen molar-refractivity contribution in [3.05, 3.63) is 41.8 Å². The first-order chi connectivity index (χ1) is 8.88. The van der Waals surface area contributed by atoms with E-state index in [0.29, 0.717) is 0 Å². The van der Waals surface area contributed by atoms with Crippen LogP contribution in [-0.4, -0.2) is 23.9 Å². The largest absolute Gasteiger partial charge is 0.306 e. The van der Waals surface area contributed by atoms with Gasteiger partial charge in [0, 0.05) is 5.38 Å². The number of hydrogen-bond donors (Lipinski definition) is 0. The fraction of sp³-hybridized carbons (Fsp3) is 0.0909. The van der Waals surface area contributed by atoms with Crippen molar-refractivity contribution in [1.29, 1.82) is 0 Å². The summed E-state index contributed by atoms with van der Waals surface area (Å²) >= 11 is 0.810. The van der Waals surface area contributed by atoms with Gasteiger partial charge < -0.3 is 0 Å². The van der Waals surface area contributed by atoms with Crippen LogP contribution < -0.4 is 0 Å². The number of benzene rings is 1. The topological polar surface area (TPSA) is 77.5 Å². The Labute approximate surface area is 115 Å². The molecular formula is C11H10O5S3. The van der Waals surface area contributed by atoms with Gasteiger partial charge in [0.15, 0.2) is 0 Å². The van der Waals surface area contributed by atoms with E-state index < -0.39 is 20.0 Å². The monoisotopic (exact) mass is 318 g/mol. The van der Waals surface area contributed by atoms with Gasteiger partial charge in [0.05, 0.1) is 16.9 Å². The number of thiophene rings is 1. The molecule has 0 spiro atoms. The fourth-order valence-corrected chi connectivity index (χ4v) is 5.00. The first-order valence-electron chi connectivity index (χ1n) is 5.07. The quantitative estimate of drug-likeness (QED) is 0.805. The second-order valence-electron chi connectivity index (χ2n) is 3.54. The molecule has 2 aromatic rings. The third kappa shape index (κ3) is 2.71. The van der Waals surface area contributed by atoms with Crippen LogP contribution in [0.15, 0.2) is 55.8 Å². The molecule has 5 nitrogen and oxygen atoms in total. The van der Waals surface area contributed by atoms with Crippen LogP contribution in [-0.2, 0) is 24.1 Å². The Bertz CT molecular complexity index is 773. The highest BCUT2D eigenvalue weighted by Gasteiger charge is 2.23. The summed E-state index contributed by atoms with van der Waals surface area (Å²) in [4.78, 5) is 0.0634. The Balaban J connectivity index is 2.50. The maximum absolute atomic E-state index is 12.2. The van der Waals surface area contributed by atoms with Gasteiger partial charge in [0.1, 0.15) is 4.21 Å². The predicted octanol–water partition coefficient (Wildman–Crippen LogP) is 1.92. The molecular weight excluding hydrogens is 308 g/mol. The molecule has 0 radical (unpaired) electrons. The molecule has 1 heterocycles. The minimum Gasteiger partial charge on any atom is -0.269 e. The van der Waals surface area contributed by atoms with Crippen LogP contribution in [0.2, 0.25) is 0 Å². The Kier molecular flexibility index (Phi) is 3.77. The molecule has 1 aromatic heterocycles. The molecule has 0 fully saturated rings. The minimum absolute atomic E-state index is 0.0562. The van der Waals surface area contributed by atoms with E-state index in [1.165, 1.54) is 17.5 Å². The zero-order valence-electron chi connectivity index (χ0n) is 9.81. The standard InChI is InChI=1S/C11H10O5S3/c1-16-19(14,15)11-7-10(8-17-11)18(12,13)9-5-3-2-4-6-9/h2-8H,1H3. The zero-order chi connectivity index (χ0) is 14.1. The van der Waals surface area contributed by atoms with Gasteiger partial charge in [-0.3, -0.25) is 4.18 Å². The Morgan fingerprint density at radius 1 is 1.00 bits per heavy atom. The molecule has 2 rings (SSSR count). The lowest BCUT2D eigenvalue weighted by molar-refractivity contribution is 0.399. The van der Waals surface area contributed by atoms with Crippen molar-refractivity contribution in [3.63, 3.8) is 0 Å². The van der Waals surface area contributed by atoms with Crippen molar-refractivity contribution in [2.24, 2.45) is 0 Å². The zero-order valence-corrected chi connectivity index (χ0v) is 12.3. The molecule has 0 saturated carbocycles. The predicted molar refractivity (Wildman–Crippen MR) is 70.4 cm³/mol. The van der Waals surface area contributed by atoms with E-state index >= 15 is 0 Å². The summed E-state index contributed by atoms with van der Waals surface area (Å²) in [5.41, 5.74) is 0. The summed E-state index contributed by atoms with van der Waals surface area (Å²) in [6.07, 6.45) is 0. The first kappa shape index (κ1) is 14.2. The van der Waals surface area contributed by atoms with Crippen LogP contribution in [0, 0.1) is 0 Å². The van der Waals surface area contributed by atoms with Crippen molar-refractivity contribution in [3.8, 4) is 0 Å². The maximum atomic E-state index is 12.2. The summed E-state index contributed by atoms with van der Waals surface area (Å²) in [6, 6.07) is 8.92. The summed E-state index contributed by atoms with van der Waals surface area (Å²) in [7, 11) is -6.53. The van der Waals surface area contributed by atoms with E-state index in [2.05, 4.69) is 4.18 Å². The van der Waals surface area contributed by atoms with Gasteiger partial charge in [-0.15, -0.1) is 11.3 Å². The molecule has 0 saturated heterocycles. The van der Waals surface area contributed by atoms with Crippen LogP contribution in [0.3, 0.4) is 0 Å². The van der Waals surface area contributed by atoms with E-state index in [4.69, 9.17) is 0 Å². The first-order valence-corrected chi connectivity index (χ1v) is 8.84. The van der Waals surface area contributed by atoms with Crippen molar-refractivity contribution in [2.75, 3.05) is 7.11 Å². The highest BCUT2D eigenvalue weighted by atomic mass is 32.3. The molecule has 19 heavy (non-hydrogen) atoms. The van der Waals surface area contributed by atoms with Gasteiger partial charge >= 0.3 is 10.1 Å². The van der Waals surface area contributed by atoms with Crippen molar-refractivity contribution in [1.82, 2.24) is 0 Å². The Morgan fingerprint density at radius 2 is 1.63 bits per heavy atom. The van der Waals surface area contributed by atoms with E-state index in [9.17, 15) is 16.8 Å². The van der Waals surface area contributed by atoms with Crippen LogP contribution in [0.5, 0.6) is 0 Å². The number of rotatable bonds is 4. The van der Waals surface area contributed by atoms with Gasteiger partial charge in [0.2, 0.25) is 9.84 Å². The molecule has 0 N–H and O–H groups in total. The van der Waals surface area contributed by atoms with Crippen LogP contribution >= 0.6 is 11.3 Å². The molecule has 8 heteroatoms. The van der Waals surface area contributed by atoms with Crippen LogP contribution in [0.25, 0.3) is 0 Å². The molecule has 0 aliphatic rings. The van der Waals surface area contributed by atoms with Crippen molar-refractivity contribution >= 4 is 31.3 Å². The number of hydrogen-bond acceptors (Lipinski definition) is 6. The SMILES string of the molecule is COS(=O)(=O)c1cc(S(=O)(=O)c2ccccc2)cs1. The van der Waals surface area contributed by atoms with E-state index in [1.54, 1.807) is 18.2 Å². The van der Waals surface area contributed by atoms with E-state index in [-0.39, 0.29) is 14.0 Å². The average molecular weight is 318 g/mol. The molecule has 1 aromatic carbocycles. The third-order valence-electron chi connectivity index (χ3n) is 2.38. The normalized spacial score (nSPS) is 12.5. The molecule has 102 valence electrons. The molecule has 0 bridgehead atoms. The van der Waals surface area contributed by atoms with Gasteiger partial charge in [-0.25, -0.2) is 8.42 Å². The van der Waals surface area contributed by atoms with Crippen LogP contribution in [0.1, 0.15) is 0 Å².